The molecule has 116 valence electrons. The van der Waals surface area contributed by atoms with Gasteiger partial charge < -0.3 is 14.8 Å². The minimum Gasteiger partial charge on any atom is -0.486 e. The summed E-state index contributed by atoms with van der Waals surface area (Å²) in [4.78, 5) is 0.892. The quantitative estimate of drug-likeness (QED) is 0.912. The number of benzene rings is 1. The maximum atomic E-state index is 12.7. The lowest BCUT2D eigenvalue weighted by molar-refractivity contribution is 0.170. The largest absolute Gasteiger partial charge is 0.486 e. The van der Waals surface area contributed by atoms with Crippen LogP contribution in [0.5, 0.6) is 11.5 Å². The van der Waals surface area contributed by atoms with E-state index in [0.29, 0.717) is 25.2 Å². The molecule has 0 amide bonds. The monoisotopic (exact) mass is 309 g/mol. The molecule has 1 N–H and O–H groups in total. The molecule has 0 fully saturated rings. The second kappa shape index (κ2) is 5.61. The van der Waals surface area contributed by atoms with Crippen LogP contribution < -0.4 is 14.8 Å². The maximum Gasteiger partial charge on any atom is 0.162 e. The van der Waals surface area contributed by atoms with Crippen LogP contribution in [0.4, 0.5) is 0 Å². The fraction of sp³-hybridized carbons (Fsp3) is 0.625. The summed E-state index contributed by atoms with van der Waals surface area (Å²) in [6.07, 6.45) is 0. The molecule has 2 aliphatic heterocycles. The molecule has 1 aromatic rings. The lowest BCUT2D eigenvalue weighted by Gasteiger charge is -2.37. The molecule has 0 saturated carbocycles. The summed E-state index contributed by atoms with van der Waals surface area (Å²) >= 11 is 0. The smallest absolute Gasteiger partial charge is 0.162 e. The normalized spacial score (nSPS) is 31.1. The lowest BCUT2D eigenvalue weighted by atomic mass is 9.90. The Hall–Kier alpha value is -1.07. The number of ether oxygens (including phenoxy) is 2. The molecule has 0 aromatic heterocycles. The van der Waals surface area contributed by atoms with Gasteiger partial charge in [-0.2, -0.15) is 0 Å². The second-order valence-electron chi connectivity index (χ2n) is 6.19. The van der Waals surface area contributed by atoms with Crippen molar-refractivity contribution in [3.05, 3.63) is 17.7 Å². The Bertz CT molecular complexity index is 573. The van der Waals surface area contributed by atoms with E-state index in [2.05, 4.69) is 33.0 Å². The van der Waals surface area contributed by atoms with E-state index < -0.39 is 10.8 Å². The van der Waals surface area contributed by atoms with Crippen molar-refractivity contribution in [1.82, 2.24) is 5.32 Å². The number of fused-ring (bicyclic) bond motifs is 2. The highest BCUT2D eigenvalue weighted by Gasteiger charge is 2.38. The summed E-state index contributed by atoms with van der Waals surface area (Å²) in [6, 6.07) is 4.50. The molecule has 0 bridgehead atoms. The molecule has 4 atom stereocenters. The average molecular weight is 309 g/mol. The van der Waals surface area contributed by atoms with E-state index in [1.165, 1.54) is 0 Å². The molecule has 0 spiro atoms. The lowest BCUT2D eigenvalue weighted by Crippen LogP contribution is -2.41. The molecular weight excluding hydrogens is 286 g/mol. The van der Waals surface area contributed by atoms with Gasteiger partial charge in [-0.1, -0.05) is 27.7 Å². The molecule has 0 radical (unpaired) electrons. The van der Waals surface area contributed by atoms with E-state index in [9.17, 15) is 4.21 Å². The number of rotatable bonds is 2. The zero-order chi connectivity index (χ0) is 15.1. The van der Waals surface area contributed by atoms with Gasteiger partial charge in [0.25, 0.3) is 0 Å². The fourth-order valence-corrected chi connectivity index (χ4v) is 4.64. The van der Waals surface area contributed by atoms with Gasteiger partial charge in [0.15, 0.2) is 11.5 Å². The average Bonchev–Trinajstić information content (AvgIpc) is 2.47. The topological polar surface area (TPSA) is 47.6 Å². The van der Waals surface area contributed by atoms with Crippen LogP contribution in [-0.2, 0) is 10.8 Å². The first-order chi connectivity index (χ1) is 9.99. The van der Waals surface area contributed by atoms with Crippen molar-refractivity contribution < 1.29 is 13.7 Å². The highest BCUT2D eigenvalue weighted by atomic mass is 32.2. The molecular formula is C16H23NO3S. The summed E-state index contributed by atoms with van der Waals surface area (Å²) in [5, 5.41) is 3.74. The summed E-state index contributed by atoms with van der Waals surface area (Å²) < 4.78 is 24.1. The number of hydrogen-bond donors (Lipinski definition) is 1. The van der Waals surface area contributed by atoms with Gasteiger partial charge in [0.1, 0.15) is 13.2 Å². The summed E-state index contributed by atoms with van der Waals surface area (Å²) in [5.74, 6) is 1.80. The van der Waals surface area contributed by atoms with Gasteiger partial charge in [0, 0.05) is 28.3 Å². The first kappa shape index (κ1) is 14.9. The molecule has 4 unspecified atom stereocenters. The summed E-state index contributed by atoms with van der Waals surface area (Å²) in [7, 11) is -0.999. The van der Waals surface area contributed by atoms with Crippen LogP contribution in [0.25, 0.3) is 0 Å². The van der Waals surface area contributed by atoms with Crippen molar-refractivity contribution in [3.8, 4) is 11.5 Å². The highest BCUT2D eigenvalue weighted by molar-refractivity contribution is 7.85. The molecule has 0 aliphatic carbocycles. The van der Waals surface area contributed by atoms with Gasteiger partial charge in [-0.15, -0.1) is 0 Å². The molecule has 2 aliphatic rings. The van der Waals surface area contributed by atoms with Crippen LogP contribution in [0, 0.1) is 5.92 Å². The van der Waals surface area contributed by atoms with Crippen LogP contribution in [0.2, 0.25) is 0 Å². The van der Waals surface area contributed by atoms with Crippen LogP contribution in [0.1, 0.15) is 39.3 Å². The van der Waals surface area contributed by atoms with Gasteiger partial charge in [0.2, 0.25) is 0 Å². The van der Waals surface area contributed by atoms with Crippen molar-refractivity contribution >= 4 is 10.8 Å². The van der Waals surface area contributed by atoms with E-state index >= 15 is 0 Å². The van der Waals surface area contributed by atoms with Gasteiger partial charge >= 0.3 is 0 Å². The third-order valence-electron chi connectivity index (χ3n) is 4.34. The fourth-order valence-electron chi connectivity index (χ4n) is 3.05. The molecule has 1 aromatic carbocycles. The molecule has 0 saturated heterocycles. The Balaban J connectivity index is 2.10. The Morgan fingerprint density at radius 3 is 2.43 bits per heavy atom. The van der Waals surface area contributed by atoms with E-state index in [1.54, 1.807) is 0 Å². The Morgan fingerprint density at radius 1 is 1.19 bits per heavy atom. The van der Waals surface area contributed by atoms with Crippen LogP contribution in [-0.4, -0.2) is 28.7 Å². The van der Waals surface area contributed by atoms with E-state index in [4.69, 9.17) is 9.47 Å². The van der Waals surface area contributed by atoms with Crippen LogP contribution in [0.3, 0.4) is 0 Å². The zero-order valence-corrected chi connectivity index (χ0v) is 13.8. The second-order valence-corrected chi connectivity index (χ2v) is 7.97. The van der Waals surface area contributed by atoms with Gasteiger partial charge in [-0.05, 0) is 17.5 Å². The van der Waals surface area contributed by atoms with Crippen LogP contribution >= 0.6 is 0 Å². The highest BCUT2D eigenvalue weighted by Crippen LogP contribution is 2.44. The first-order valence-electron chi connectivity index (χ1n) is 7.59. The standard InChI is InChI=1S/C16H23NO3S/c1-9(2)17-16-10(3)11(4)21(18)15-8-14-13(7-12(15)16)19-5-6-20-14/h7-11,16-17H,5-6H2,1-4H3. The van der Waals surface area contributed by atoms with Crippen molar-refractivity contribution in [3.63, 3.8) is 0 Å². The van der Waals surface area contributed by atoms with Crippen molar-refractivity contribution in [1.29, 1.82) is 0 Å². The number of nitrogens with one attached hydrogen (secondary N) is 1. The van der Waals surface area contributed by atoms with Gasteiger partial charge in [0.05, 0.1) is 10.8 Å². The van der Waals surface area contributed by atoms with E-state index in [0.717, 1.165) is 22.0 Å². The first-order valence-corrected chi connectivity index (χ1v) is 8.80. The summed E-state index contributed by atoms with van der Waals surface area (Å²) in [5.41, 5.74) is 1.09. The Kier molecular flexibility index (Phi) is 3.97. The third-order valence-corrected chi connectivity index (χ3v) is 6.23. The molecule has 4 nitrogen and oxygen atoms in total. The Labute approximate surface area is 128 Å². The number of hydrogen-bond acceptors (Lipinski definition) is 4. The van der Waals surface area contributed by atoms with E-state index in [1.807, 2.05) is 12.1 Å². The minimum atomic E-state index is -0.999. The predicted octanol–water partition coefficient (Wildman–Crippen LogP) is 2.64. The molecule has 21 heavy (non-hydrogen) atoms. The zero-order valence-electron chi connectivity index (χ0n) is 13.0. The summed E-state index contributed by atoms with van der Waals surface area (Å²) in [6.45, 7) is 9.64. The van der Waals surface area contributed by atoms with Crippen molar-refractivity contribution in [2.75, 3.05) is 13.2 Å². The minimum absolute atomic E-state index is 0.122. The van der Waals surface area contributed by atoms with Gasteiger partial charge in [-0.25, -0.2) is 0 Å². The SMILES string of the molecule is CC(C)NC1c2cc3c(cc2S(=O)C(C)C1C)OCCO3. The third kappa shape index (κ3) is 2.57. The van der Waals surface area contributed by atoms with Crippen molar-refractivity contribution in [2.45, 2.75) is 49.9 Å². The Morgan fingerprint density at radius 2 is 1.81 bits per heavy atom. The van der Waals surface area contributed by atoms with E-state index in [-0.39, 0.29) is 11.3 Å². The molecule has 5 heteroatoms. The van der Waals surface area contributed by atoms with Crippen LogP contribution in [0.15, 0.2) is 17.0 Å². The van der Waals surface area contributed by atoms with Gasteiger partial charge in [-0.3, -0.25) is 4.21 Å². The predicted molar refractivity (Wildman–Crippen MR) is 83.5 cm³/mol. The molecule has 2 heterocycles. The maximum absolute atomic E-state index is 12.7. The molecule has 3 rings (SSSR count). The van der Waals surface area contributed by atoms with Crippen molar-refractivity contribution in [2.24, 2.45) is 5.92 Å².